The zero-order chi connectivity index (χ0) is 27.2. The molecule has 3 nitrogen and oxygen atoms in total. The zero-order valence-electron chi connectivity index (χ0n) is 22.7. The van der Waals surface area contributed by atoms with Gasteiger partial charge in [0.25, 0.3) is 0 Å². The maximum absolute atomic E-state index is 4.20. The molecule has 0 N–H and O–H groups in total. The van der Waals surface area contributed by atoms with E-state index < -0.39 is 0 Å². The van der Waals surface area contributed by atoms with E-state index in [1.165, 1.54) is 33.6 Å². The number of hydrogen-bond donors (Lipinski definition) is 0. The molecule has 5 aromatic carbocycles. The summed E-state index contributed by atoms with van der Waals surface area (Å²) in [6.45, 7) is 0.309. The summed E-state index contributed by atoms with van der Waals surface area (Å²) in [5.74, 6) is 0.502. The van der Waals surface area contributed by atoms with E-state index in [1.807, 2.05) is 11.0 Å². The summed E-state index contributed by atoms with van der Waals surface area (Å²) < 4.78 is 1.96. The molecule has 6 aromatic rings. The highest BCUT2D eigenvalue weighted by Crippen LogP contribution is 2.28. The van der Waals surface area contributed by atoms with Crippen LogP contribution in [0.2, 0.25) is 6.04 Å². The average molecular weight is 536 g/mol. The molecule has 0 atom stereocenters. The fraction of sp³-hybridized carbons (Fsp3) is 0.0857. The van der Waals surface area contributed by atoms with Gasteiger partial charge in [0.2, 0.25) is 6.71 Å². The van der Waals surface area contributed by atoms with E-state index >= 15 is 0 Å². The van der Waals surface area contributed by atoms with Gasteiger partial charge < -0.3 is 0 Å². The first-order chi connectivity index (χ1) is 19.9. The van der Waals surface area contributed by atoms with Crippen molar-refractivity contribution >= 4 is 32.6 Å². The predicted molar refractivity (Wildman–Crippen MR) is 172 cm³/mol. The maximum atomic E-state index is 4.20. The minimum absolute atomic E-state index is 0.232. The summed E-state index contributed by atoms with van der Waals surface area (Å²) in [6, 6.07) is 54.9. The Morgan fingerprint density at radius 2 is 0.950 bits per heavy atom. The number of aromatic nitrogens is 3. The van der Waals surface area contributed by atoms with Crippen LogP contribution < -0.4 is 16.4 Å². The van der Waals surface area contributed by atoms with Crippen LogP contribution in [-0.4, -0.2) is 31.0 Å². The Morgan fingerprint density at radius 1 is 0.550 bits per heavy atom. The minimum Gasteiger partial charge on any atom is -0.257 e. The van der Waals surface area contributed by atoms with Gasteiger partial charge in [-0.15, -0.1) is 0 Å². The molecule has 0 amide bonds. The molecule has 0 bridgehead atoms. The normalized spacial score (nSPS) is 10.8. The van der Waals surface area contributed by atoms with Crippen molar-refractivity contribution in [1.82, 2.24) is 14.8 Å². The Labute approximate surface area is 240 Å². The van der Waals surface area contributed by atoms with Crippen molar-refractivity contribution in [2.45, 2.75) is 18.1 Å². The van der Waals surface area contributed by atoms with Gasteiger partial charge in [0.1, 0.15) is 12.7 Å². The first-order valence-corrected chi connectivity index (χ1v) is 16.0. The van der Waals surface area contributed by atoms with Gasteiger partial charge in [0.05, 0.1) is 0 Å². The summed E-state index contributed by atoms with van der Waals surface area (Å²) in [4.78, 5) is 4.01. The highest BCUT2D eigenvalue weighted by Gasteiger charge is 2.20. The van der Waals surface area contributed by atoms with Gasteiger partial charge in [-0.2, -0.15) is 5.10 Å². The molecular formula is C35H34BN3Si. The van der Waals surface area contributed by atoms with Crippen LogP contribution in [0.1, 0.15) is 17.0 Å². The van der Waals surface area contributed by atoms with Crippen LogP contribution in [-0.2, 0) is 6.17 Å². The van der Waals surface area contributed by atoms with Crippen LogP contribution >= 0.6 is 0 Å². The molecule has 0 aliphatic carbocycles. The summed E-state index contributed by atoms with van der Waals surface area (Å²) in [5, 5.41) is 4.20. The van der Waals surface area contributed by atoms with Crippen LogP contribution in [0.3, 0.4) is 0 Å². The Kier molecular flexibility index (Phi) is 9.90. The van der Waals surface area contributed by atoms with Crippen LogP contribution in [0.5, 0.6) is 0 Å². The first-order valence-electron chi connectivity index (χ1n) is 14.0. The van der Waals surface area contributed by atoms with Crippen LogP contribution in [0, 0.1) is 0 Å². The van der Waals surface area contributed by atoms with E-state index in [9.17, 15) is 0 Å². The lowest BCUT2D eigenvalue weighted by Gasteiger charge is -2.17. The molecule has 6 rings (SSSR count). The Bertz CT molecular complexity index is 1370. The second-order valence-corrected chi connectivity index (χ2v) is 11.6. The Morgan fingerprint density at radius 3 is 1.32 bits per heavy atom. The molecule has 5 heteroatoms. The summed E-state index contributed by atoms with van der Waals surface area (Å²) in [5.41, 5.74) is 6.82. The van der Waals surface area contributed by atoms with Crippen molar-refractivity contribution in [3.05, 3.63) is 175 Å². The van der Waals surface area contributed by atoms with Crippen LogP contribution in [0.25, 0.3) is 0 Å². The van der Waals surface area contributed by atoms with Crippen LogP contribution in [0.4, 0.5) is 0 Å². The second-order valence-electron chi connectivity index (χ2n) is 9.84. The topological polar surface area (TPSA) is 30.7 Å². The van der Waals surface area contributed by atoms with Crippen molar-refractivity contribution < 1.29 is 0 Å². The van der Waals surface area contributed by atoms with Crippen molar-refractivity contribution in [3.8, 4) is 0 Å². The molecule has 0 saturated carbocycles. The highest BCUT2D eigenvalue weighted by atomic mass is 28.2. The molecule has 40 heavy (non-hydrogen) atoms. The van der Waals surface area contributed by atoms with Crippen molar-refractivity contribution in [2.24, 2.45) is 0 Å². The zero-order valence-corrected chi connectivity index (χ0v) is 24.1. The van der Waals surface area contributed by atoms with Gasteiger partial charge >= 0.3 is 0 Å². The molecule has 1 aromatic heterocycles. The SMILES string of the molecule is c1ccc(B(c2ccccc2)c2ccccc2)cc1.c1ccc(C(C[SiH2]Cn2cncn2)c2ccccc2)cc1. The van der Waals surface area contributed by atoms with Crippen molar-refractivity contribution in [1.29, 1.82) is 0 Å². The fourth-order valence-corrected chi connectivity index (χ4v) is 7.03. The summed E-state index contributed by atoms with van der Waals surface area (Å²) in [6.07, 6.45) is 4.48. The lowest BCUT2D eigenvalue weighted by molar-refractivity contribution is 0.729. The number of rotatable bonds is 9. The minimum atomic E-state index is -0.232. The molecule has 0 aliphatic heterocycles. The molecule has 196 valence electrons. The number of nitrogens with zero attached hydrogens (tertiary/aromatic N) is 3. The quantitative estimate of drug-likeness (QED) is 0.248. The maximum Gasteiger partial charge on any atom is 0.241 e. The van der Waals surface area contributed by atoms with Gasteiger partial charge in [-0.05, 0) is 11.1 Å². The van der Waals surface area contributed by atoms with E-state index in [2.05, 4.69) is 162 Å². The van der Waals surface area contributed by atoms with E-state index in [4.69, 9.17) is 0 Å². The largest absolute Gasteiger partial charge is 0.257 e. The van der Waals surface area contributed by atoms with E-state index in [-0.39, 0.29) is 9.52 Å². The Hall–Kier alpha value is -4.48. The second kappa shape index (κ2) is 14.6. The third-order valence-electron chi connectivity index (χ3n) is 7.15. The Balaban J connectivity index is 0.000000162. The number of benzene rings is 5. The molecule has 0 saturated heterocycles. The highest BCUT2D eigenvalue weighted by molar-refractivity contribution is 6.95. The van der Waals surface area contributed by atoms with E-state index in [0.717, 1.165) is 6.17 Å². The van der Waals surface area contributed by atoms with Gasteiger partial charge in [-0.25, -0.2) is 4.98 Å². The third-order valence-corrected chi connectivity index (χ3v) is 8.91. The van der Waals surface area contributed by atoms with Gasteiger partial charge in [0.15, 0.2) is 0 Å². The smallest absolute Gasteiger partial charge is 0.241 e. The fourth-order valence-electron chi connectivity index (χ4n) is 5.22. The molecule has 0 unspecified atom stereocenters. The number of hydrogen-bond acceptors (Lipinski definition) is 2. The summed E-state index contributed by atoms with van der Waals surface area (Å²) in [7, 11) is -0.232. The van der Waals surface area contributed by atoms with Crippen LogP contribution in [0.15, 0.2) is 164 Å². The monoisotopic (exact) mass is 535 g/mol. The predicted octanol–water partition coefficient (Wildman–Crippen LogP) is 4.86. The molecule has 0 radical (unpaired) electrons. The van der Waals surface area contributed by atoms with Crippen molar-refractivity contribution in [3.63, 3.8) is 0 Å². The summed E-state index contributed by atoms with van der Waals surface area (Å²) >= 11 is 0. The van der Waals surface area contributed by atoms with Gasteiger partial charge in [-0.3, -0.25) is 4.68 Å². The lowest BCUT2D eigenvalue weighted by atomic mass is 9.37. The average Bonchev–Trinajstić information content (AvgIpc) is 3.56. The molecular weight excluding hydrogens is 501 g/mol. The molecule has 0 spiro atoms. The lowest BCUT2D eigenvalue weighted by Crippen LogP contribution is -2.51. The first kappa shape index (κ1) is 27.1. The standard InChI is InChI=1S/C18H15B.C17H19N3Si/c1-4-10-16(11-5-1)19(17-12-6-2-7-13-17)18-14-8-3-9-15-18;1-3-7-15(8-4-1)17(16-9-5-2-6-10-16)11-21-14-20-13-18-12-19-20/h1-15H;1-10,12-13,17H,11,14,21H2. The van der Waals surface area contributed by atoms with Gasteiger partial charge in [-0.1, -0.05) is 174 Å². The van der Waals surface area contributed by atoms with E-state index in [1.54, 1.807) is 6.33 Å². The third kappa shape index (κ3) is 7.55. The molecule has 0 aliphatic rings. The molecule has 1 heterocycles. The van der Waals surface area contributed by atoms with Crippen molar-refractivity contribution in [2.75, 3.05) is 0 Å². The van der Waals surface area contributed by atoms with Gasteiger partial charge in [0, 0.05) is 21.6 Å². The molecule has 0 fully saturated rings. The van der Waals surface area contributed by atoms with E-state index in [0.29, 0.717) is 12.6 Å².